The number of hydrogen-bond acceptors (Lipinski definition) is 6. The minimum Gasteiger partial charge on any atom is -0.367 e. The van der Waals surface area contributed by atoms with Crippen molar-refractivity contribution in [2.45, 2.75) is 51.1 Å². The van der Waals surface area contributed by atoms with Crippen LogP contribution in [-0.2, 0) is 6.54 Å². The van der Waals surface area contributed by atoms with Gasteiger partial charge in [0.25, 0.3) is 5.56 Å². The van der Waals surface area contributed by atoms with E-state index in [1.807, 2.05) is 18.4 Å². The molecule has 0 aromatic carbocycles. The van der Waals surface area contributed by atoms with E-state index in [1.54, 1.807) is 0 Å². The lowest BCUT2D eigenvalue weighted by Gasteiger charge is -2.29. The Kier molecular flexibility index (Phi) is 4.81. The van der Waals surface area contributed by atoms with Gasteiger partial charge in [-0.05, 0) is 19.8 Å². The number of nitriles is 1. The lowest BCUT2D eigenvalue weighted by atomic mass is 9.92. The molecule has 1 aliphatic rings. The molecule has 0 atom stereocenters. The van der Waals surface area contributed by atoms with E-state index in [9.17, 15) is 13.6 Å². The molecule has 1 aliphatic carbocycles. The van der Waals surface area contributed by atoms with Gasteiger partial charge >= 0.3 is 0 Å². The van der Waals surface area contributed by atoms with Crippen molar-refractivity contribution in [1.82, 2.24) is 14.5 Å². The monoisotopic (exact) mass is 365 g/mol. The molecule has 1 N–H and O–H groups in total. The van der Waals surface area contributed by atoms with E-state index in [2.05, 4.69) is 15.3 Å². The normalized spacial score (nSPS) is 17.2. The number of halogens is 2. The van der Waals surface area contributed by atoms with E-state index >= 15 is 0 Å². The standard InChI is InChI=1S/C16H17F2N5OS/c1-10-9-25-15(20-10)14-22-12(8-13(24)23(14)7-6-19)21-11-2-4-16(17,18)5-3-11/h8-9,11,21H,2-5,7H2,1H3. The summed E-state index contributed by atoms with van der Waals surface area (Å²) in [5.74, 6) is -1.96. The van der Waals surface area contributed by atoms with Crippen molar-refractivity contribution in [1.29, 1.82) is 5.26 Å². The number of aromatic nitrogens is 3. The second-order valence-electron chi connectivity index (χ2n) is 6.12. The molecule has 0 aliphatic heterocycles. The second-order valence-corrected chi connectivity index (χ2v) is 6.97. The first kappa shape index (κ1) is 17.5. The third-order valence-electron chi connectivity index (χ3n) is 4.12. The van der Waals surface area contributed by atoms with Crippen molar-refractivity contribution in [3.05, 3.63) is 27.5 Å². The first-order valence-corrected chi connectivity index (χ1v) is 8.81. The van der Waals surface area contributed by atoms with Crippen LogP contribution in [0.15, 0.2) is 16.2 Å². The van der Waals surface area contributed by atoms with Gasteiger partial charge in [-0.2, -0.15) is 5.26 Å². The average Bonchev–Trinajstić information content (AvgIpc) is 2.98. The summed E-state index contributed by atoms with van der Waals surface area (Å²) in [5, 5.41) is 14.4. The Labute approximate surface area is 147 Å². The van der Waals surface area contributed by atoms with Crippen molar-refractivity contribution in [2.75, 3.05) is 5.32 Å². The minimum atomic E-state index is -2.61. The third-order valence-corrected chi connectivity index (χ3v) is 5.07. The molecule has 0 bridgehead atoms. The van der Waals surface area contributed by atoms with E-state index < -0.39 is 5.92 Å². The van der Waals surface area contributed by atoms with E-state index in [0.29, 0.717) is 29.5 Å². The van der Waals surface area contributed by atoms with Crippen LogP contribution in [0.5, 0.6) is 0 Å². The van der Waals surface area contributed by atoms with Crippen molar-refractivity contribution < 1.29 is 8.78 Å². The molecule has 0 radical (unpaired) electrons. The lowest BCUT2D eigenvalue weighted by molar-refractivity contribution is -0.0361. The maximum atomic E-state index is 13.3. The Hall–Kier alpha value is -2.34. The number of rotatable bonds is 4. The summed E-state index contributed by atoms with van der Waals surface area (Å²) in [5.41, 5.74) is 0.425. The van der Waals surface area contributed by atoms with E-state index in [0.717, 1.165) is 5.69 Å². The Balaban J connectivity index is 1.90. The predicted octanol–water partition coefficient (Wildman–Crippen LogP) is 3.19. The molecule has 9 heteroatoms. The zero-order valence-electron chi connectivity index (χ0n) is 13.6. The van der Waals surface area contributed by atoms with Crippen LogP contribution in [-0.4, -0.2) is 26.5 Å². The highest BCUT2D eigenvalue weighted by Crippen LogP contribution is 2.34. The van der Waals surface area contributed by atoms with Gasteiger partial charge < -0.3 is 5.32 Å². The molecular weight excluding hydrogens is 348 g/mol. The van der Waals surface area contributed by atoms with Crippen molar-refractivity contribution in [2.24, 2.45) is 0 Å². The quantitative estimate of drug-likeness (QED) is 0.900. The number of aryl methyl sites for hydroxylation is 1. The Morgan fingerprint density at radius 3 is 2.76 bits per heavy atom. The van der Waals surface area contributed by atoms with Gasteiger partial charge in [0.15, 0.2) is 10.8 Å². The van der Waals surface area contributed by atoms with Crippen molar-refractivity contribution in [3.8, 4) is 16.9 Å². The number of thiazole rings is 1. The van der Waals surface area contributed by atoms with Crippen LogP contribution < -0.4 is 10.9 Å². The Bertz CT molecular complexity index is 860. The van der Waals surface area contributed by atoms with Gasteiger partial charge in [0.05, 0.1) is 6.07 Å². The van der Waals surface area contributed by atoms with Gasteiger partial charge in [-0.15, -0.1) is 11.3 Å². The summed E-state index contributed by atoms with van der Waals surface area (Å²) >= 11 is 1.34. The highest BCUT2D eigenvalue weighted by atomic mass is 32.1. The van der Waals surface area contributed by atoms with Gasteiger partial charge in [-0.1, -0.05) is 0 Å². The topological polar surface area (TPSA) is 83.6 Å². The summed E-state index contributed by atoms with van der Waals surface area (Å²) in [4.78, 5) is 21.1. The van der Waals surface area contributed by atoms with Crippen LogP contribution in [0.4, 0.5) is 14.6 Å². The molecule has 0 unspecified atom stereocenters. The first-order chi connectivity index (χ1) is 11.9. The molecule has 25 heavy (non-hydrogen) atoms. The van der Waals surface area contributed by atoms with Crippen molar-refractivity contribution >= 4 is 17.2 Å². The van der Waals surface area contributed by atoms with Crippen LogP contribution in [0, 0.1) is 18.3 Å². The Morgan fingerprint density at radius 1 is 1.44 bits per heavy atom. The van der Waals surface area contributed by atoms with Crippen LogP contribution in [0.25, 0.3) is 10.8 Å². The summed E-state index contributed by atoms with van der Waals surface area (Å²) in [6, 6.07) is 3.10. The summed E-state index contributed by atoms with van der Waals surface area (Å²) in [6.45, 7) is 1.70. The van der Waals surface area contributed by atoms with Gasteiger partial charge in [-0.25, -0.2) is 18.7 Å². The van der Waals surface area contributed by atoms with Crippen LogP contribution in [0.3, 0.4) is 0 Å². The molecule has 0 amide bonds. The van der Waals surface area contributed by atoms with Crippen LogP contribution in [0.2, 0.25) is 0 Å². The molecule has 3 rings (SSSR count). The fourth-order valence-electron chi connectivity index (χ4n) is 2.82. The molecule has 6 nitrogen and oxygen atoms in total. The van der Waals surface area contributed by atoms with Crippen molar-refractivity contribution in [3.63, 3.8) is 0 Å². The number of nitrogens with zero attached hydrogens (tertiary/aromatic N) is 4. The molecule has 1 fully saturated rings. The first-order valence-electron chi connectivity index (χ1n) is 7.94. The lowest BCUT2D eigenvalue weighted by Crippen LogP contribution is -2.33. The largest absolute Gasteiger partial charge is 0.367 e. The molecule has 0 saturated heterocycles. The van der Waals surface area contributed by atoms with Gasteiger partial charge in [-0.3, -0.25) is 9.36 Å². The summed E-state index contributed by atoms with van der Waals surface area (Å²) in [7, 11) is 0. The number of hydrogen-bond donors (Lipinski definition) is 1. The summed E-state index contributed by atoms with van der Waals surface area (Å²) in [6.07, 6.45) is 0.298. The highest BCUT2D eigenvalue weighted by molar-refractivity contribution is 7.13. The van der Waals surface area contributed by atoms with Gasteiger partial charge in [0.2, 0.25) is 5.92 Å². The fourth-order valence-corrected chi connectivity index (χ4v) is 3.61. The van der Waals surface area contributed by atoms with Crippen LogP contribution >= 0.6 is 11.3 Å². The highest BCUT2D eigenvalue weighted by Gasteiger charge is 2.35. The molecule has 0 spiro atoms. The molecule has 2 aromatic rings. The molecule has 2 heterocycles. The fraction of sp³-hybridized carbons (Fsp3) is 0.500. The second kappa shape index (κ2) is 6.88. The third kappa shape index (κ3) is 4.02. The zero-order chi connectivity index (χ0) is 18.0. The molecule has 2 aromatic heterocycles. The van der Waals surface area contributed by atoms with E-state index in [1.165, 1.54) is 22.0 Å². The van der Waals surface area contributed by atoms with E-state index in [4.69, 9.17) is 5.26 Å². The zero-order valence-corrected chi connectivity index (χ0v) is 14.4. The smallest absolute Gasteiger partial charge is 0.256 e. The van der Waals surface area contributed by atoms with Gasteiger partial charge in [0, 0.05) is 36.0 Å². The molecule has 132 valence electrons. The van der Waals surface area contributed by atoms with E-state index in [-0.39, 0.29) is 31.0 Å². The van der Waals surface area contributed by atoms with Crippen LogP contribution in [0.1, 0.15) is 31.4 Å². The average molecular weight is 365 g/mol. The predicted molar refractivity (Wildman–Crippen MR) is 90.8 cm³/mol. The molecular formula is C16H17F2N5OS. The maximum absolute atomic E-state index is 13.3. The van der Waals surface area contributed by atoms with Gasteiger partial charge in [0.1, 0.15) is 12.4 Å². The number of alkyl halides is 2. The number of anilines is 1. The Morgan fingerprint density at radius 2 is 2.16 bits per heavy atom. The maximum Gasteiger partial charge on any atom is 0.256 e. The SMILES string of the molecule is Cc1csc(-c2nc(NC3CCC(F)(F)CC3)cc(=O)n2CC#N)n1. The molecule has 1 saturated carbocycles. The minimum absolute atomic E-state index is 0.129. The number of nitrogens with one attached hydrogen (secondary N) is 1. The summed E-state index contributed by atoms with van der Waals surface area (Å²) < 4.78 is 27.8.